The zero-order valence-electron chi connectivity index (χ0n) is 12.9. The molecule has 1 saturated heterocycles. The Labute approximate surface area is 133 Å². The number of alkyl halides is 3. The highest BCUT2D eigenvalue weighted by atomic mass is 19.4. The van der Waals surface area contributed by atoms with Gasteiger partial charge in [-0.1, -0.05) is 12.1 Å². The first-order valence-corrected chi connectivity index (χ1v) is 7.52. The predicted molar refractivity (Wildman–Crippen MR) is 78.1 cm³/mol. The summed E-state index contributed by atoms with van der Waals surface area (Å²) in [7, 11) is 1.43. The van der Waals surface area contributed by atoms with Crippen LogP contribution in [0.25, 0.3) is 0 Å². The third-order valence-electron chi connectivity index (χ3n) is 3.77. The fraction of sp³-hybridized carbons (Fsp3) is 0.562. The van der Waals surface area contributed by atoms with E-state index in [9.17, 15) is 18.0 Å². The summed E-state index contributed by atoms with van der Waals surface area (Å²) >= 11 is 0. The second kappa shape index (κ2) is 7.68. The SMILES string of the molecule is COc1ccc([C@H](NC(=O)C[C@@H]2CCCCO2)C(F)(F)F)cc1. The molecule has 0 aromatic heterocycles. The van der Waals surface area contributed by atoms with Crippen LogP contribution < -0.4 is 10.1 Å². The number of hydrogen-bond acceptors (Lipinski definition) is 3. The number of carbonyl (C=O) groups excluding carboxylic acids is 1. The Bertz CT molecular complexity index is 510. The quantitative estimate of drug-likeness (QED) is 0.900. The molecule has 1 N–H and O–H groups in total. The van der Waals surface area contributed by atoms with Gasteiger partial charge in [-0.3, -0.25) is 4.79 Å². The van der Waals surface area contributed by atoms with Crippen molar-refractivity contribution >= 4 is 5.91 Å². The first-order valence-electron chi connectivity index (χ1n) is 7.52. The average molecular weight is 331 g/mol. The molecule has 128 valence electrons. The molecule has 1 aromatic rings. The highest BCUT2D eigenvalue weighted by Gasteiger charge is 2.42. The van der Waals surface area contributed by atoms with E-state index in [1.807, 2.05) is 0 Å². The van der Waals surface area contributed by atoms with Crippen LogP contribution in [0.1, 0.15) is 37.3 Å². The van der Waals surface area contributed by atoms with E-state index in [0.29, 0.717) is 18.8 Å². The van der Waals surface area contributed by atoms with Gasteiger partial charge in [-0.15, -0.1) is 0 Å². The number of rotatable bonds is 5. The standard InChI is InChI=1S/C16H20F3NO3/c1-22-12-7-5-11(6-8-12)15(16(17,18)19)20-14(21)10-13-4-2-3-9-23-13/h5-8,13,15H,2-4,9-10H2,1H3,(H,20,21)/t13-,15-/m0/s1. The predicted octanol–water partition coefficient (Wildman–Crippen LogP) is 3.37. The molecule has 0 saturated carbocycles. The lowest BCUT2D eigenvalue weighted by Crippen LogP contribution is -2.40. The number of ether oxygens (including phenoxy) is 2. The van der Waals surface area contributed by atoms with Crippen LogP contribution in [-0.4, -0.2) is 31.9 Å². The third kappa shape index (κ3) is 5.13. The number of carbonyl (C=O) groups is 1. The number of hydrogen-bond donors (Lipinski definition) is 1. The van der Waals surface area contributed by atoms with Gasteiger partial charge in [-0.2, -0.15) is 13.2 Å². The van der Waals surface area contributed by atoms with E-state index in [1.54, 1.807) is 0 Å². The van der Waals surface area contributed by atoms with E-state index >= 15 is 0 Å². The van der Waals surface area contributed by atoms with Crippen LogP contribution in [0.3, 0.4) is 0 Å². The molecular formula is C16H20F3NO3. The minimum atomic E-state index is -4.57. The Balaban J connectivity index is 2.04. The van der Waals surface area contributed by atoms with Crippen LogP contribution in [0.15, 0.2) is 24.3 Å². The zero-order valence-corrected chi connectivity index (χ0v) is 12.9. The van der Waals surface area contributed by atoms with Gasteiger partial charge in [0, 0.05) is 6.61 Å². The molecule has 1 heterocycles. The van der Waals surface area contributed by atoms with Gasteiger partial charge in [0.1, 0.15) is 5.75 Å². The minimum absolute atomic E-state index is 0.0313. The van der Waals surface area contributed by atoms with Gasteiger partial charge >= 0.3 is 6.18 Å². The number of amides is 1. The lowest BCUT2D eigenvalue weighted by Gasteiger charge is -2.25. The van der Waals surface area contributed by atoms with Gasteiger partial charge in [0.25, 0.3) is 0 Å². The van der Waals surface area contributed by atoms with Crippen molar-refractivity contribution in [1.82, 2.24) is 5.32 Å². The lowest BCUT2D eigenvalue weighted by atomic mass is 10.0. The molecule has 0 aliphatic carbocycles. The minimum Gasteiger partial charge on any atom is -0.497 e. The van der Waals surface area contributed by atoms with Crippen LogP contribution in [0.5, 0.6) is 5.75 Å². The lowest BCUT2D eigenvalue weighted by molar-refractivity contribution is -0.164. The van der Waals surface area contributed by atoms with Gasteiger partial charge in [-0.25, -0.2) is 0 Å². The molecular weight excluding hydrogens is 311 g/mol. The van der Waals surface area contributed by atoms with Crippen molar-refractivity contribution in [3.8, 4) is 5.75 Å². The molecule has 1 amide bonds. The molecule has 1 aliphatic heterocycles. The van der Waals surface area contributed by atoms with Gasteiger partial charge < -0.3 is 14.8 Å². The molecule has 2 atom stereocenters. The number of methoxy groups -OCH3 is 1. The summed E-state index contributed by atoms with van der Waals surface area (Å²) in [5.41, 5.74) is -0.0313. The summed E-state index contributed by atoms with van der Waals surface area (Å²) in [6, 6.07) is 3.43. The van der Waals surface area contributed by atoms with Crippen molar-refractivity contribution in [2.75, 3.05) is 13.7 Å². The van der Waals surface area contributed by atoms with E-state index < -0.39 is 18.1 Å². The van der Waals surface area contributed by atoms with Crippen LogP contribution in [0.4, 0.5) is 13.2 Å². The molecule has 1 fully saturated rings. The van der Waals surface area contributed by atoms with E-state index in [0.717, 1.165) is 12.8 Å². The third-order valence-corrected chi connectivity index (χ3v) is 3.77. The average Bonchev–Trinajstić information content (AvgIpc) is 2.53. The van der Waals surface area contributed by atoms with E-state index in [-0.39, 0.29) is 18.1 Å². The van der Waals surface area contributed by atoms with Crippen molar-refractivity contribution in [2.45, 2.75) is 44.0 Å². The Morgan fingerprint density at radius 1 is 1.35 bits per heavy atom. The van der Waals surface area contributed by atoms with Gasteiger partial charge in [0.15, 0.2) is 6.04 Å². The van der Waals surface area contributed by atoms with Crippen molar-refractivity contribution in [2.24, 2.45) is 0 Å². The van der Waals surface area contributed by atoms with Crippen LogP contribution in [0, 0.1) is 0 Å². The largest absolute Gasteiger partial charge is 0.497 e. The van der Waals surface area contributed by atoms with Gasteiger partial charge in [0.05, 0.1) is 19.6 Å². The molecule has 4 nitrogen and oxygen atoms in total. The van der Waals surface area contributed by atoms with Crippen molar-refractivity contribution < 1.29 is 27.4 Å². The van der Waals surface area contributed by atoms with Gasteiger partial charge in [0.2, 0.25) is 5.91 Å². The maximum absolute atomic E-state index is 13.2. The van der Waals surface area contributed by atoms with E-state index in [2.05, 4.69) is 5.32 Å². The Kier molecular flexibility index (Phi) is 5.87. The number of nitrogens with one attached hydrogen (secondary N) is 1. The Morgan fingerprint density at radius 3 is 2.57 bits per heavy atom. The fourth-order valence-electron chi connectivity index (χ4n) is 2.55. The molecule has 2 rings (SSSR count). The van der Waals surface area contributed by atoms with Crippen LogP contribution in [0.2, 0.25) is 0 Å². The molecule has 0 spiro atoms. The summed E-state index contributed by atoms with van der Waals surface area (Å²) in [5.74, 6) is -0.202. The second-order valence-electron chi connectivity index (χ2n) is 5.51. The molecule has 0 unspecified atom stereocenters. The molecule has 7 heteroatoms. The topological polar surface area (TPSA) is 47.6 Å². The molecule has 1 aromatic carbocycles. The van der Waals surface area contributed by atoms with Crippen LogP contribution >= 0.6 is 0 Å². The van der Waals surface area contributed by atoms with Gasteiger partial charge in [-0.05, 0) is 37.0 Å². The first-order chi connectivity index (χ1) is 10.9. The van der Waals surface area contributed by atoms with E-state index in [1.165, 1.54) is 31.4 Å². The smallest absolute Gasteiger partial charge is 0.412 e. The highest BCUT2D eigenvalue weighted by Crippen LogP contribution is 2.33. The van der Waals surface area contributed by atoms with Crippen molar-refractivity contribution in [3.63, 3.8) is 0 Å². The molecule has 23 heavy (non-hydrogen) atoms. The molecule has 1 aliphatic rings. The summed E-state index contributed by atoms with van der Waals surface area (Å²) in [6.07, 6.45) is -2.37. The highest BCUT2D eigenvalue weighted by molar-refractivity contribution is 5.77. The maximum Gasteiger partial charge on any atom is 0.412 e. The van der Waals surface area contributed by atoms with Crippen LogP contribution in [-0.2, 0) is 9.53 Å². The fourth-order valence-corrected chi connectivity index (χ4v) is 2.55. The number of halogens is 3. The van der Waals surface area contributed by atoms with E-state index in [4.69, 9.17) is 9.47 Å². The van der Waals surface area contributed by atoms with Crippen molar-refractivity contribution in [1.29, 1.82) is 0 Å². The molecule has 0 bridgehead atoms. The zero-order chi connectivity index (χ0) is 16.9. The Morgan fingerprint density at radius 2 is 2.04 bits per heavy atom. The monoisotopic (exact) mass is 331 g/mol. The summed E-state index contributed by atoms with van der Waals surface area (Å²) < 4.78 is 50.1. The van der Waals surface area contributed by atoms with Crippen molar-refractivity contribution in [3.05, 3.63) is 29.8 Å². The maximum atomic E-state index is 13.2. The normalized spacial score (nSPS) is 19.9. The number of benzene rings is 1. The molecule has 0 radical (unpaired) electrons. The summed E-state index contributed by atoms with van der Waals surface area (Å²) in [4.78, 5) is 11.9. The summed E-state index contributed by atoms with van der Waals surface area (Å²) in [5, 5.41) is 2.07. The first kappa shape index (κ1) is 17.6. The summed E-state index contributed by atoms with van der Waals surface area (Å²) in [6.45, 7) is 0.555. The second-order valence-corrected chi connectivity index (χ2v) is 5.51. The Hall–Kier alpha value is -1.76.